The summed E-state index contributed by atoms with van der Waals surface area (Å²) in [6.45, 7) is 0. The predicted molar refractivity (Wildman–Crippen MR) is 55.1 cm³/mol. The molecule has 0 amide bonds. The van der Waals surface area contributed by atoms with Crippen molar-refractivity contribution in [2.45, 2.75) is 0 Å². The van der Waals surface area contributed by atoms with Crippen LogP contribution in [0, 0.1) is 11.3 Å². The summed E-state index contributed by atoms with van der Waals surface area (Å²) < 4.78 is 5.90. The molecular formula is C9H6BrN3O. The third-order valence-electron chi connectivity index (χ3n) is 1.95. The van der Waals surface area contributed by atoms with Gasteiger partial charge in [0.05, 0.1) is 23.6 Å². The molecule has 1 heterocycles. The standard InChI is InChI=1S/C9H6BrN3O/c1-14-8-5(4-11)2-3-6-7(8)9(10)13-12-6/h2-3H,1H3,(H,12,13). The fourth-order valence-electron chi connectivity index (χ4n) is 1.34. The van der Waals surface area contributed by atoms with Crippen molar-refractivity contribution in [3.8, 4) is 11.8 Å². The lowest BCUT2D eigenvalue weighted by Gasteiger charge is -2.03. The minimum absolute atomic E-state index is 0.502. The van der Waals surface area contributed by atoms with Crippen molar-refractivity contribution in [3.63, 3.8) is 0 Å². The molecule has 70 valence electrons. The number of nitrogens with one attached hydrogen (secondary N) is 1. The smallest absolute Gasteiger partial charge is 0.148 e. The normalized spacial score (nSPS) is 10.1. The second kappa shape index (κ2) is 3.31. The van der Waals surface area contributed by atoms with E-state index in [1.807, 2.05) is 0 Å². The Labute approximate surface area is 88.6 Å². The molecule has 0 unspecified atom stereocenters. The lowest BCUT2D eigenvalue weighted by atomic mass is 10.1. The highest BCUT2D eigenvalue weighted by molar-refractivity contribution is 9.10. The molecule has 0 fully saturated rings. The number of hydrogen-bond acceptors (Lipinski definition) is 3. The number of aromatic amines is 1. The van der Waals surface area contributed by atoms with Gasteiger partial charge in [-0.05, 0) is 28.1 Å². The first-order valence-electron chi connectivity index (χ1n) is 3.88. The number of methoxy groups -OCH3 is 1. The van der Waals surface area contributed by atoms with Crippen LogP contribution < -0.4 is 4.74 Å². The molecule has 0 bridgehead atoms. The summed E-state index contributed by atoms with van der Waals surface area (Å²) in [7, 11) is 1.54. The van der Waals surface area contributed by atoms with Crippen molar-refractivity contribution in [2.24, 2.45) is 0 Å². The van der Waals surface area contributed by atoms with E-state index in [0.717, 1.165) is 15.5 Å². The Morgan fingerprint density at radius 3 is 3.00 bits per heavy atom. The Morgan fingerprint density at radius 1 is 1.57 bits per heavy atom. The highest BCUT2D eigenvalue weighted by Crippen LogP contribution is 2.33. The SMILES string of the molecule is COc1c(C#N)ccc2n[nH]c(Br)c12. The van der Waals surface area contributed by atoms with E-state index in [0.29, 0.717) is 11.3 Å². The molecule has 5 heteroatoms. The lowest BCUT2D eigenvalue weighted by Crippen LogP contribution is -1.88. The maximum atomic E-state index is 8.86. The maximum absolute atomic E-state index is 8.86. The zero-order valence-electron chi connectivity index (χ0n) is 7.34. The second-order valence-corrected chi connectivity index (χ2v) is 3.48. The van der Waals surface area contributed by atoms with Crippen LogP contribution in [0.2, 0.25) is 0 Å². The molecule has 0 saturated carbocycles. The van der Waals surface area contributed by atoms with Crippen molar-refractivity contribution in [3.05, 3.63) is 22.3 Å². The monoisotopic (exact) mass is 251 g/mol. The average molecular weight is 252 g/mol. The van der Waals surface area contributed by atoms with Gasteiger partial charge in [0.15, 0.2) is 0 Å². The van der Waals surface area contributed by atoms with Gasteiger partial charge in [0, 0.05) is 0 Å². The Morgan fingerprint density at radius 2 is 2.36 bits per heavy atom. The Kier molecular flexibility index (Phi) is 2.14. The minimum atomic E-state index is 0.502. The number of fused-ring (bicyclic) bond motifs is 1. The first-order valence-corrected chi connectivity index (χ1v) is 4.68. The van der Waals surface area contributed by atoms with Crippen molar-refractivity contribution >= 4 is 26.8 Å². The fraction of sp³-hybridized carbons (Fsp3) is 0.111. The molecule has 2 aromatic rings. The van der Waals surface area contributed by atoms with Gasteiger partial charge in [-0.2, -0.15) is 10.4 Å². The van der Waals surface area contributed by atoms with Gasteiger partial charge in [0.1, 0.15) is 16.4 Å². The zero-order valence-corrected chi connectivity index (χ0v) is 8.92. The highest BCUT2D eigenvalue weighted by Gasteiger charge is 2.12. The lowest BCUT2D eigenvalue weighted by molar-refractivity contribution is 0.418. The van der Waals surface area contributed by atoms with Gasteiger partial charge in [-0.1, -0.05) is 0 Å². The number of nitriles is 1. The fourth-order valence-corrected chi connectivity index (χ4v) is 1.81. The summed E-state index contributed by atoms with van der Waals surface area (Å²) in [5, 5.41) is 16.5. The molecule has 2 rings (SSSR count). The molecule has 1 N–H and O–H groups in total. The number of H-pyrrole nitrogens is 1. The molecule has 0 aliphatic heterocycles. The molecule has 0 atom stereocenters. The van der Waals surface area contributed by atoms with Crippen molar-refractivity contribution in [1.82, 2.24) is 10.2 Å². The molecule has 0 spiro atoms. The van der Waals surface area contributed by atoms with Crippen LogP contribution in [0.25, 0.3) is 10.9 Å². The topological polar surface area (TPSA) is 61.7 Å². The van der Waals surface area contributed by atoms with E-state index < -0.39 is 0 Å². The largest absolute Gasteiger partial charge is 0.495 e. The van der Waals surface area contributed by atoms with Crippen molar-refractivity contribution < 1.29 is 4.74 Å². The molecular weight excluding hydrogens is 246 g/mol. The Hall–Kier alpha value is -1.54. The number of benzene rings is 1. The minimum Gasteiger partial charge on any atom is -0.495 e. The molecule has 14 heavy (non-hydrogen) atoms. The summed E-state index contributed by atoms with van der Waals surface area (Å²) in [4.78, 5) is 0. The van der Waals surface area contributed by atoms with E-state index in [9.17, 15) is 0 Å². The molecule has 0 aliphatic rings. The predicted octanol–water partition coefficient (Wildman–Crippen LogP) is 2.21. The molecule has 1 aromatic heterocycles. The van der Waals surface area contributed by atoms with Crippen LogP contribution in [0.15, 0.2) is 16.7 Å². The van der Waals surface area contributed by atoms with E-state index in [4.69, 9.17) is 10.00 Å². The maximum Gasteiger partial charge on any atom is 0.148 e. The third-order valence-corrected chi connectivity index (χ3v) is 2.53. The number of nitrogens with zero attached hydrogens (tertiary/aromatic N) is 2. The summed E-state index contributed by atoms with van der Waals surface area (Å²) in [5.74, 6) is 0.547. The van der Waals surface area contributed by atoms with Crippen LogP contribution in [0.1, 0.15) is 5.56 Å². The van der Waals surface area contributed by atoms with Crippen LogP contribution >= 0.6 is 15.9 Å². The van der Waals surface area contributed by atoms with E-state index in [2.05, 4.69) is 32.2 Å². The van der Waals surface area contributed by atoms with Crippen LogP contribution in [-0.2, 0) is 0 Å². The molecule has 0 aliphatic carbocycles. The quantitative estimate of drug-likeness (QED) is 0.846. The van der Waals surface area contributed by atoms with Gasteiger partial charge in [-0.15, -0.1) is 0 Å². The zero-order chi connectivity index (χ0) is 10.1. The molecule has 1 aromatic carbocycles. The van der Waals surface area contributed by atoms with Crippen LogP contribution in [0.4, 0.5) is 0 Å². The van der Waals surface area contributed by atoms with E-state index in [-0.39, 0.29) is 0 Å². The summed E-state index contributed by atoms with van der Waals surface area (Å²) >= 11 is 3.31. The number of rotatable bonds is 1. The summed E-state index contributed by atoms with van der Waals surface area (Å²) in [6.07, 6.45) is 0. The van der Waals surface area contributed by atoms with Gasteiger partial charge in [0.25, 0.3) is 0 Å². The van der Waals surface area contributed by atoms with Gasteiger partial charge >= 0.3 is 0 Å². The van der Waals surface area contributed by atoms with E-state index in [1.165, 1.54) is 7.11 Å². The highest BCUT2D eigenvalue weighted by atomic mass is 79.9. The van der Waals surface area contributed by atoms with Gasteiger partial charge in [0.2, 0.25) is 0 Å². The number of ether oxygens (including phenoxy) is 1. The van der Waals surface area contributed by atoms with Crippen molar-refractivity contribution in [2.75, 3.05) is 7.11 Å². The van der Waals surface area contributed by atoms with Crippen LogP contribution in [0.3, 0.4) is 0 Å². The van der Waals surface area contributed by atoms with Gasteiger partial charge in [-0.25, -0.2) is 0 Å². The van der Waals surface area contributed by atoms with Gasteiger partial charge in [-0.3, -0.25) is 5.10 Å². The number of aromatic nitrogens is 2. The van der Waals surface area contributed by atoms with Crippen LogP contribution in [-0.4, -0.2) is 17.3 Å². The Bertz CT molecular complexity index is 527. The Balaban J connectivity index is 2.89. The number of halogens is 1. The molecule has 0 radical (unpaired) electrons. The first kappa shape index (κ1) is 9.03. The third kappa shape index (κ3) is 1.16. The summed E-state index contributed by atoms with van der Waals surface area (Å²) in [6, 6.07) is 5.53. The first-order chi connectivity index (χ1) is 6.77. The van der Waals surface area contributed by atoms with Gasteiger partial charge < -0.3 is 4.74 Å². The van der Waals surface area contributed by atoms with E-state index in [1.54, 1.807) is 12.1 Å². The van der Waals surface area contributed by atoms with Crippen LogP contribution in [0.5, 0.6) is 5.75 Å². The number of hydrogen-bond donors (Lipinski definition) is 1. The molecule has 0 saturated heterocycles. The van der Waals surface area contributed by atoms with Crippen molar-refractivity contribution in [1.29, 1.82) is 5.26 Å². The summed E-state index contributed by atoms with van der Waals surface area (Å²) in [5.41, 5.74) is 1.27. The average Bonchev–Trinajstić information content (AvgIpc) is 2.59. The molecule has 4 nitrogen and oxygen atoms in total. The van der Waals surface area contributed by atoms with E-state index >= 15 is 0 Å². The second-order valence-electron chi connectivity index (χ2n) is 2.69.